The summed E-state index contributed by atoms with van der Waals surface area (Å²) >= 11 is 5.72. The molecule has 2 rings (SSSR count). The number of pyridine rings is 1. The van der Waals surface area contributed by atoms with E-state index in [9.17, 15) is 8.42 Å². The predicted molar refractivity (Wildman–Crippen MR) is 79.6 cm³/mol. The molecule has 1 heterocycles. The maximum atomic E-state index is 12.3. The average Bonchev–Trinajstić information content (AvgIpc) is 2.46. The monoisotopic (exact) mass is 328 g/mol. The number of nitrogens with one attached hydrogen (secondary N) is 1. The normalized spacial score (nSPS) is 11.0. The van der Waals surface area contributed by atoms with Crippen LogP contribution in [0.3, 0.4) is 0 Å². The summed E-state index contributed by atoms with van der Waals surface area (Å²) in [6, 6.07) is 8.94. The third kappa shape index (κ3) is 3.56. The second-order valence-electron chi connectivity index (χ2n) is 3.97. The minimum atomic E-state index is -3.79. The lowest BCUT2D eigenvalue weighted by molar-refractivity contribution is 0.354. The average molecular weight is 329 g/mol. The number of benzene rings is 1. The second-order valence-corrected chi connectivity index (χ2v) is 6.04. The molecule has 0 saturated carbocycles. The van der Waals surface area contributed by atoms with Crippen molar-refractivity contribution in [3.8, 4) is 11.5 Å². The third-order valence-corrected chi connectivity index (χ3v) is 4.18. The van der Waals surface area contributed by atoms with Crippen LogP contribution in [0.25, 0.3) is 0 Å². The van der Waals surface area contributed by atoms with E-state index in [2.05, 4.69) is 9.71 Å². The van der Waals surface area contributed by atoms with Crippen molar-refractivity contribution in [2.75, 3.05) is 18.9 Å². The molecule has 0 fully saturated rings. The molecule has 6 nitrogen and oxygen atoms in total. The maximum absolute atomic E-state index is 12.3. The van der Waals surface area contributed by atoms with Crippen molar-refractivity contribution in [2.45, 2.75) is 4.90 Å². The van der Waals surface area contributed by atoms with Gasteiger partial charge in [0.05, 0.1) is 19.1 Å². The highest BCUT2D eigenvalue weighted by molar-refractivity contribution is 7.92. The first-order chi connectivity index (χ1) is 9.96. The number of hydrogen-bond acceptors (Lipinski definition) is 5. The Morgan fingerprint density at radius 1 is 1.10 bits per heavy atom. The first-order valence-corrected chi connectivity index (χ1v) is 7.70. The summed E-state index contributed by atoms with van der Waals surface area (Å²) in [6.45, 7) is 0. The van der Waals surface area contributed by atoms with Crippen molar-refractivity contribution in [3.05, 3.63) is 41.6 Å². The molecule has 0 saturated heterocycles. The highest BCUT2D eigenvalue weighted by Gasteiger charge is 2.17. The summed E-state index contributed by atoms with van der Waals surface area (Å²) in [7, 11) is -0.891. The van der Waals surface area contributed by atoms with Gasteiger partial charge in [0.15, 0.2) is 11.5 Å². The van der Waals surface area contributed by atoms with Crippen LogP contribution in [0.4, 0.5) is 5.82 Å². The quantitative estimate of drug-likeness (QED) is 0.853. The molecule has 1 aromatic carbocycles. The van der Waals surface area contributed by atoms with Crippen molar-refractivity contribution in [3.63, 3.8) is 0 Å². The number of ether oxygens (including phenoxy) is 2. The second kappa shape index (κ2) is 6.19. The summed E-state index contributed by atoms with van der Waals surface area (Å²) in [4.78, 5) is 3.91. The van der Waals surface area contributed by atoms with Crippen LogP contribution in [0, 0.1) is 0 Å². The molecule has 0 aliphatic rings. The van der Waals surface area contributed by atoms with E-state index in [1.807, 2.05) is 0 Å². The fourth-order valence-electron chi connectivity index (χ4n) is 1.65. The van der Waals surface area contributed by atoms with E-state index in [0.717, 1.165) is 0 Å². The van der Waals surface area contributed by atoms with E-state index >= 15 is 0 Å². The van der Waals surface area contributed by atoms with Crippen molar-refractivity contribution < 1.29 is 17.9 Å². The van der Waals surface area contributed by atoms with Gasteiger partial charge in [0.2, 0.25) is 0 Å². The van der Waals surface area contributed by atoms with Crippen LogP contribution in [-0.4, -0.2) is 27.6 Å². The Labute approximate surface area is 127 Å². The predicted octanol–water partition coefficient (Wildman–Crippen LogP) is 2.55. The lowest BCUT2D eigenvalue weighted by Gasteiger charge is -2.11. The van der Waals surface area contributed by atoms with Crippen molar-refractivity contribution in [2.24, 2.45) is 0 Å². The number of halogens is 1. The van der Waals surface area contributed by atoms with Gasteiger partial charge in [-0.15, -0.1) is 0 Å². The van der Waals surface area contributed by atoms with Crippen LogP contribution in [0.2, 0.25) is 5.15 Å². The molecule has 1 N–H and O–H groups in total. The number of hydrogen-bond donors (Lipinski definition) is 1. The Morgan fingerprint density at radius 3 is 2.43 bits per heavy atom. The minimum absolute atomic E-state index is 0.0296. The summed E-state index contributed by atoms with van der Waals surface area (Å²) < 4.78 is 37.1. The van der Waals surface area contributed by atoms with Gasteiger partial charge >= 0.3 is 0 Å². The van der Waals surface area contributed by atoms with E-state index in [4.69, 9.17) is 21.1 Å². The number of aromatic nitrogens is 1. The molecule has 0 spiro atoms. The topological polar surface area (TPSA) is 77.5 Å². The fraction of sp³-hybridized carbons (Fsp3) is 0.154. The Hall–Kier alpha value is -1.99. The van der Waals surface area contributed by atoms with Gasteiger partial charge in [0.25, 0.3) is 10.0 Å². The molecule has 0 bridgehead atoms. The van der Waals surface area contributed by atoms with Gasteiger partial charge in [-0.2, -0.15) is 0 Å². The molecule has 2 aromatic rings. The maximum Gasteiger partial charge on any atom is 0.263 e. The zero-order valence-electron chi connectivity index (χ0n) is 11.3. The Morgan fingerprint density at radius 2 is 1.81 bits per heavy atom. The first kappa shape index (κ1) is 15.4. The number of nitrogens with zero attached hydrogens (tertiary/aromatic N) is 1. The molecular weight excluding hydrogens is 316 g/mol. The molecule has 21 heavy (non-hydrogen) atoms. The summed E-state index contributed by atoms with van der Waals surface area (Å²) in [5.41, 5.74) is 0. The van der Waals surface area contributed by atoms with Gasteiger partial charge < -0.3 is 9.47 Å². The van der Waals surface area contributed by atoms with E-state index in [1.54, 1.807) is 12.1 Å². The van der Waals surface area contributed by atoms with Crippen LogP contribution in [-0.2, 0) is 10.0 Å². The van der Waals surface area contributed by atoms with E-state index in [1.165, 1.54) is 38.5 Å². The van der Waals surface area contributed by atoms with Gasteiger partial charge in [-0.25, -0.2) is 13.4 Å². The van der Waals surface area contributed by atoms with Gasteiger partial charge in [-0.3, -0.25) is 4.72 Å². The summed E-state index contributed by atoms with van der Waals surface area (Å²) in [6.07, 6.45) is 0. The van der Waals surface area contributed by atoms with Gasteiger partial charge in [-0.1, -0.05) is 17.7 Å². The van der Waals surface area contributed by atoms with Crippen molar-refractivity contribution >= 4 is 27.4 Å². The molecule has 112 valence electrons. The van der Waals surface area contributed by atoms with E-state index in [0.29, 0.717) is 11.5 Å². The summed E-state index contributed by atoms with van der Waals surface area (Å²) in [5, 5.41) is 0.197. The standard InChI is InChI=1S/C13H13ClN2O4S/c1-19-10-7-6-9(8-11(10)20-2)21(17,18)16-13-5-3-4-12(14)15-13/h3-8H,1-2H3,(H,15,16). The molecule has 0 atom stereocenters. The molecule has 0 amide bonds. The number of anilines is 1. The molecule has 8 heteroatoms. The van der Waals surface area contributed by atoms with Crippen LogP contribution in [0.15, 0.2) is 41.3 Å². The smallest absolute Gasteiger partial charge is 0.263 e. The fourth-order valence-corrected chi connectivity index (χ4v) is 2.83. The Kier molecular flexibility index (Phi) is 4.54. The van der Waals surface area contributed by atoms with Crippen LogP contribution in [0.5, 0.6) is 11.5 Å². The molecule has 1 aromatic heterocycles. The molecule has 0 unspecified atom stereocenters. The Bertz CT molecular complexity index is 750. The number of rotatable bonds is 5. The Balaban J connectivity index is 2.35. The third-order valence-electron chi connectivity index (χ3n) is 2.62. The van der Waals surface area contributed by atoms with Crippen LogP contribution >= 0.6 is 11.6 Å². The lowest BCUT2D eigenvalue weighted by atomic mass is 10.3. The minimum Gasteiger partial charge on any atom is -0.493 e. The zero-order valence-corrected chi connectivity index (χ0v) is 12.9. The van der Waals surface area contributed by atoms with Crippen LogP contribution < -0.4 is 14.2 Å². The number of sulfonamides is 1. The van der Waals surface area contributed by atoms with Crippen LogP contribution in [0.1, 0.15) is 0 Å². The molecule has 0 aliphatic carbocycles. The lowest BCUT2D eigenvalue weighted by Crippen LogP contribution is -2.14. The van der Waals surface area contributed by atoms with Gasteiger partial charge in [-0.05, 0) is 24.3 Å². The summed E-state index contributed by atoms with van der Waals surface area (Å²) in [5.74, 6) is 0.897. The highest BCUT2D eigenvalue weighted by Crippen LogP contribution is 2.30. The molecule has 0 aliphatic heterocycles. The van der Waals surface area contributed by atoms with Gasteiger partial charge in [0.1, 0.15) is 11.0 Å². The molecular formula is C13H13ClN2O4S. The largest absolute Gasteiger partial charge is 0.493 e. The van der Waals surface area contributed by atoms with Gasteiger partial charge in [0, 0.05) is 6.07 Å². The highest BCUT2D eigenvalue weighted by atomic mass is 35.5. The first-order valence-electron chi connectivity index (χ1n) is 5.83. The van der Waals surface area contributed by atoms with E-state index < -0.39 is 10.0 Å². The van der Waals surface area contributed by atoms with Crippen molar-refractivity contribution in [1.29, 1.82) is 0 Å². The number of methoxy groups -OCH3 is 2. The molecule has 0 radical (unpaired) electrons. The zero-order chi connectivity index (χ0) is 15.5. The SMILES string of the molecule is COc1ccc(S(=O)(=O)Nc2cccc(Cl)n2)cc1OC. The van der Waals surface area contributed by atoms with E-state index in [-0.39, 0.29) is 15.9 Å². The van der Waals surface area contributed by atoms with Crippen molar-refractivity contribution in [1.82, 2.24) is 4.98 Å².